The molecule has 1 aliphatic heterocycles. The lowest BCUT2D eigenvalue weighted by Crippen LogP contribution is -2.51. The number of nitriles is 1. The number of rotatable bonds is 7. The van der Waals surface area contributed by atoms with E-state index in [1.54, 1.807) is 0 Å². The van der Waals surface area contributed by atoms with Crippen LogP contribution in [-0.2, 0) is 15.8 Å². The molecule has 3 N–H and O–H groups in total. The molecule has 1 aromatic heterocycles. The number of hydrogen-bond donors (Lipinski definition) is 3. The molecule has 12 heteroatoms. The molecule has 1 aromatic rings. The first-order valence-electron chi connectivity index (χ1n) is 9.62. The van der Waals surface area contributed by atoms with Crippen LogP contribution in [0.3, 0.4) is 0 Å². The number of halogens is 3. The standard InChI is InChI=1S/C19H24F3N5O3S/c1-18(2,3)7-12(27-16(30)13-9-25-17(31-13)19(20,21)22)15(29)26-11(8-23)6-10-4-5-24-14(10)28/h9-12H,4-7H2,1-3H3,(H,24,28)(H,26,29)(H,27,30)/t10-,11-,12-/m0/s1. The van der Waals surface area contributed by atoms with Gasteiger partial charge in [-0.25, -0.2) is 4.98 Å². The van der Waals surface area contributed by atoms with Crippen molar-refractivity contribution in [3.63, 3.8) is 0 Å². The average Bonchev–Trinajstić information content (AvgIpc) is 3.28. The molecule has 3 amide bonds. The third-order valence-electron chi connectivity index (χ3n) is 4.57. The van der Waals surface area contributed by atoms with Crippen molar-refractivity contribution in [1.82, 2.24) is 20.9 Å². The summed E-state index contributed by atoms with van der Waals surface area (Å²) in [5.41, 5.74) is -0.409. The Morgan fingerprint density at radius 1 is 1.35 bits per heavy atom. The van der Waals surface area contributed by atoms with Gasteiger partial charge < -0.3 is 16.0 Å². The van der Waals surface area contributed by atoms with E-state index in [1.807, 2.05) is 26.8 Å². The van der Waals surface area contributed by atoms with E-state index in [0.29, 0.717) is 13.0 Å². The van der Waals surface area contributed by atoms with E-state index in [-0.39, 0.29) is 35.0 Å². The van der Waals surface area contributed by atoms with E-state index in [4.69, 9.17) is 0 Å². The van der Waals surface area contributed by atoms with Gasteiger partial charge in [-0.2, -0.15) is 18.4 Å². The third-order valence-corrected chi connectivity index (χ3v) is 5.61. The minimum atomic E-state index is -4.67. The number of alkyl halides is 3. The first-order valence-corrected chi connectivity index (χ1v) is 10.4. The lowest BCUT2D eigenvalue weighted by Gasteiger charge is -2.27. The van der Waals surface area contributed by atoms with E-state index >= 15 is 0 Å². The van der Waals surface area contributed by atoms with Gasteiger partial charge >= 0.3 is 6.18 Å². The van der Waals surface area contributed by atoms with Crippen LogP contribution in [0, 0.1) is 22.7 Å². The van der Waals surface area contributed by atoms with Crippen molar-refractivity contribution in [2.24, 2.45) is 11.3 Å². The van der Waals surface area contributed by atoms with Crippen LogP contribution in [0.25, 0.3) is 0 Å². The van der Waals surface area contributed by atoms with Gasteiger partial charge in [0.1, 0.15) is 17.0 Å². The van der Waals surface area contributed by atoms with E-state index in [0.717, 1.165) is 6.20 Å². The van der Waals surface area contributed by atoms with E-state index in [2.05, 4.69) is 20.9 Å². The second-order valence-electron chi connectivity index (χ2n) is 8.52. The van der Waals surface area contributed by atoms with Crippen LogP contribution in [0.5, 0.6) is 0 Å². The van der Waals surface area contributed by atoms with Gasteiger partial charge in [-0.15, -0.1) is 11.3 Å². The fraction of sp³-hybridized carbons (Fsp3) is 0.632. The summed E-state index contributed by atoms with van der Waals surface area (Å²) in [4.78, 5) is 39.9. The Balaban J connectivity index is 2.10. The molecular formula is C19H24F3N5O3S. The average molecular weight is 459 g/mol. The summed E-state index contributed by atoms with van der Waals surface area (Å²) in [5, 5.41) is 15.9. The van der Waals surface area contributed by atoms with Crippen molar-refractivity contribution in [1.29, 1.82) is 5.26 Å². The highest BCUT2D eigenvalue weighted by Gasteiger charge is 2.36. The van der Waals surface area contributed by atoms with Crippen molar-refractivity contribution in [3.8, 4) is 6.07 Å². The number of nitrogens with one attached hydrogen (secondary N) is 3. The Bertz CT molecular complexity index is 872. The lowest BCUT2D eigenvalue weighted by molar-refractivity contribution is -0.137. The molecule has 8 nitrogen and oxygen atoms in total. The van der Waals surface area contributed by atoms with Crippen LogP contribution in [0.4, 0.5) is 13.2 Å². The second-order valence-corrected chi connectivity index (χ2v) is 9.55. The summed E-state index contributed by atoms with van der Waals surface area (Å²) in [7, 11) is 0. The maximum Gasteiger partial charge on any atom is 0.443 e. The van der Waals surface area contributed by atoms with Crippen LogP contribution in [0.1, 0.15) is 54.7 Å². The number of aromatic nitrogens is 1. The molecular weight excluding hydrogens is 435 g/mol. The molecule has 1 fully saturated rings. The summed E-state index contributed by atoms with van der Waals surface area (Å²) in [6.45, 7) is 6.00. The van der Waals surface area contributed by atoms with Gasteiger partial charge in [0.25, 0.3) is 5.91 Å². The van der Waals surface area contributed by atoms with Gasteiger partial charge in [-0.3, -0.25) is 14.4 Å². The maximum absolute atomic E-state index is 12.8. The second kappa shape index (κ2) is 9.64. The van der Waals surface area contributed by atoms with Crippen molar-refractivity contribution in [3.05, 3.63) is 16.1 Å². The number of amides is 3. The Kier molecular flexibility index (Phi) is 7.64. The first kappa shape index (κ1) is 24.6. The summed E-state index contributed by atoms with van der Waals surface area (Å²) >= 11 is 0.183. The van der Waals surface area contributed by atoms with Gasteiger partial charge in [0.05, 0.1) is 12.3 Å². The Morgan fingerprint density at radius 3 is 2.52 bits per heavy atom. The molecule has 170 valence electrons. The topological polar surface area (TPSA) is 124 Å². The Morgan fingerprint density at radius 2 is 2.03 bits per heavy atom. The molecule has 1 aliphatic rings. The summed E-state index contributed by atoms with van der Waals surface area (Å²) in [6, 6.07) is -0.0840. The van der Waals surface area contributed by atoms with Gasteiger partial charge in [-0.1, -0.05) is 20.8 Å². The molecule has 31 heavy (non-hydrogen) atoms. The van der Waals surface area contributed by atoms with Crippen LogP contribution in [-0.4, -0.2) is 41.3 Å². The fourth-order valence-electron chi connectivity index (χ4n) is 3.13. The van der Waals surface area contributed by atoms with Gasteiger partial charge in [0.15, 0.2) is 5.01 Å². The van der Waals surface area contributed by atoms with E-state index < -0.39 is 46.4 Å². The smallest absolute Gasteiger partial charge is 0.356 e. The Labute approximate surface area is 181 Å². The Hall–Kier alpha value is -2.68. The van der Waals surface area contributed by atoms with E-state index in [1.165, 1.54) is 0 Å². The minimum Gasteiger partial charge on any atom is -0.356 e. The number of carbonyl (C=O) groups excluding carboxylic acids is 3. The lowest BCUT2D eigenvalue weighted by atomic mass is 9.87. The van der Waals surface area contributed by atoms with Crippen LogP contribution in [0.2, 0.25) is 0 Å². The predicted molar refractivity (Wildman–Crippen MR) is 106 cm³/mol. The normalized spacial score (nSPS) is 18.6. The molecule has 0 spiro atoms. The summed E-state index contributed by atoms with van der Waals surface area (Å²) in [5.74, 6) is -2.08. The fourth-order valence-corrected chi connectivity index (χ4v) is 3.82. The highest BCUT2D eigenvalue weighted by Crippen LogP contribution is 2.32. The first-order chi connectivity index (χ1) is 14.3. The zero-order chi connectivity index (χ0) is 23.4. The molecule has 0 unspecified atom stereocenters. The molecule has 0 aromatic carbocycles. The number of thiazole rings is 1. The number of hydrogen-bond acceptors (Lipinski definition) is 6. The molecule has 1 saturated heterocycles. The zero-order valence-electron chi connectivity index (χ0n) is 17.3. The quantitative estimate of drug-likeness (QED) is 0.577. The molecule has 0 aliphatic carbocycles. The third kappa shape index (κ3) is 7.20. The molecule has 0 saturated carbocycles. The number of carbonyl (C=O) groups is 3. The van der Waals surface area contributed by atoms with E-state index in [9.17, 15) is 32.8 Å². The highest BCUT2D eigenvalue weighted by atomic mass is 32.1. The molecule has 0 radical (unpaired) electrons. The van der Waals surface area contributed by atoms with Crippen LogP contribution in [0.15, 0.2) is 6.20 Å². The van der Waals surface area contributed by atoms with Gasteiger partial charge in [-0.05, 0) is 24.7 Å². The van der Waals surface area contributed by atoms with Crippen LogP contribution < -0.4 is 16.0 Å². The van der Waals surface area contributed by atoms with Crippen molar-refractivity contribution >= 4 is 29.1 Å². The molecule has 2 rings (SSSR count). The minimum absolute atomic E-state index is 0.133. The van der Waals surface area contributed by atoms with Crippen LogP contribution >= 0.6 is 11.3 Å². The maximum atomic E-state index is 12.8. The summed E-state index contributed by atoms with van der Waals surface area (Å²) < 4.78 is 38.2. The SMILES string of the molecule is CC(C)(C)C[C@H](NC(=O)c1cnc(C(F)(F)F)s1)C(=O)N[C@H](C#N)C[C@@H]1CCNC1=O. The molecule has 2 heterocycles. The van der Waals surface area contributed by atoms with Crippen molar-refractivity contribution in [2.45, 2.75) is 58.3 Å². The van der Waals surface area contributed by atoms with Crippen molar-refractivity contribution < 1.29 is 27.6 Å². The monoisotopic (exact) mass is 459 g/mol. The summed E-state index contributed by atoms with van der Waals surface area (Å²) in [6.07, 6.45) is -2.99. The molecule has 3 atom stereocenters. The molecule has 0 bridgehead atoms. The zero-order valence-corrected chi connectivity index (χ0v) is 18.1. The number of nitrogens with zero attached hydrogens (tertiary/aromatic N) is 2. The predicted octanol–water partition coefficient (Wildman–Crippen LogP) is 2.23. The van der Waals surface area contributed by atoms with Gasteiger partial charge in [0, 0.05) is 12.5 Å². The highest BCUT2D eigenvalue weighted by molar-refractivity contribution is 7.13. The van der Waals surface area contributed by atoms with Crippen molar-refractivity contribution in [2.75, 3.05) is 6.54 Å². The van der Waals surface area contributed by atoms with Gasteiger partial charge in [0.2, 0.25) is 11.8 Å². The largest absolute Gasteiger partial charge is 0.443 e.